The second kappa shape index (κ2) is 9.55. The monoisotopic (exact) mass is 462 g/mol. The van der Waals surface area contributed by atoms with E-state index in [4.69, 9.17) is 4.74 Å². The molecule has 2 heterocycles. The van der Waals surface area contributed by atoms with Crippen molar-refractivity contribution in [1.82, 2.24) is 9.88 Å². The summed E-state index contributed by atoms with van der Waals surface area (Å²) in [7, 11) is 0. The van der Waals surface area contributed by atoms with E-state index in [0.29, 0.717) is 17.1 Å². The lowest BCUT2D eigenvalue weighted by molar-refractivity contribution is 0.0330. The van der Waals surface area contributed by atoms with Crippen molar-refractivity contribution in [2.45, 2.75) is 45.6 Å². The molecular weight excluding hydrogens is 436 g/mol. The smallest absolute Gasteiger partial charge is 0.341 e. The molecule has 0 bridgehead atoms. The van der Waals surface area contributed by atoms with E-state index in [1.807, 2.05) is 18.2 Å². The van der Waals surface area contributed by atoms with Gasteiger partial charge in [0.2, 0.25) is 0 Å². The first-order chi connectivity index (χ1) is 15.8. The van der Waals surface area contributed by atoms with E-state index in [0.717, 1.165) is 37.1 Å². The zero-order chi connectivity index (χ0) is 23.7. The molecule has 1 aromatic heterocycles. The summed E-state index contributed by atoms with van der Waals surface area (Å²) in [6.45, 7) is 6.13. The SMILES string of the molecule is Cc1[nH]c2ccc(CCN3CCCCC3)cc2c1C(=O)OC(C)c1cc(F)c(F)c(F)c1F. The standard InChI is InChI=1S/C25H26F4N2O2/c1-14-21(25(32)33-15(2)17-13-19(26)23(28)24(29)22(17)27)18-12-16(6-7-20(18)30-14)8-11-31-9-4-3-5-10-31/h6-7,12-13,15,30H,3-5,8-11H2,1-2H3. The first-order valence-corrected chi connectivity index (χ1v) is 11.1. The fourth-order valence-corrected chi connectivity index (χ4v) is 4.43. The van der Waals surface area contributed by atoms with Crippen LogP contribution in [0.25, 0.3) is 10.9 Å². The Labute approximate surface area is 189 Å². The van der Waals surface area contributed by atoms with Crippen molar-refractivity contribution in [3.8, 4) is 0 Å². The maximum Gasteiger partial charge on any atom is 0.341 e. The molecule has 0 aliphatic carbocycles. The summed E-state index contributed by atoms with van der Waals surface area (Å²) in [6, 6.07) is 6.35. The van der Waals surface area contributed by atoms with Crippen LogP contribution in [0, 0.1) is 30.2 Å². The van der Waals surface area contributed by atoms with E-state index in [1.165, 1.54) is 26.2 Å². The second-order valence-electron chi connectivity index (χ2n) is 8.59. The van der Waals surface area contributed by atoms with E-state index in [-0.39, 0.29) is 5.56 Å². The summed E-state index contributed by atoms with van der Waals surface area (Å²) in [5.41, 5.74) is 2.09. The number of ether oxygens (including phenoxy) is 1. The van der Waals surface area contributed by atoms with Crippen molar-refractivity contribution < 1.29 is 27.1 Å². The van der Waals surface area contributed by atoms with Crippen LogP contribution in [0.15, 0.2) is 24.3 Å². The molecule has 4 nitrogen and oxygen atoms in total. The number of halogens is 4. The molecule has 0 spiro atoms. The Morgan fingerprint density at radius 3 is 2.52 bits per heavy atom. The molecule has 1 aliphatic heterocycles. The number of nitrogens with zero attached hydrogens (tertiary/aromatic N) is 1. The molecule has 3 aromatic rings. The highest BCUT2D eigenvalue weighted by Crippen LogP contribution is 2.30. The summed E-state index contributed by atoms with van der Waals surface area (Å²) in [6.07, 6.45) is 3.22. The molecule has 1 atom stereocenters. The third kappa shape index (κ3) is 4.76. The molecule has 4 rings (SSSR count). The van der Waals surface area contributed by atoms with Crippen molar-refractivity contribution in [3.63, 3.8) is 0 Å². The van der Waals surface area contributed by atoms with Gasteiger partial charge >= 0.3 is 5.97 Å². The van der Waals surface area contributed by atoms with Gasteiger partial charge in [0.15, 0.2) is 23.3 Å². The van der Waals surface area contributed by atoms with Crippen molar-refractivity contribution in [3.05, 3.63) is 69.9 Å². The van der Waals surface area contributed by atoms with Crippen LogP contribution in [0.4, 0.5) is 17.6 Å². The van der Waals surface area contributed by atoms with E-state index >= 15 is 0 Å². The fourth-order valence-electron chi connectivity index (χ4n) is 4.43. The largest absolute Gasteiger partial charge is 0.454 e. The number of likely N-dealkylation sites (tertiary alicyclic amines) is 1. The molecule has 0 saturated carbocycles. The molecule has 0 amide bonds. The minimum Gasteiger partial charge on any atom is -0.454 e. The van der Waals surface area contributed by atoms with Crippen LogP contribution in [0.1, 0.15) is 59.5 Å². The van der Waals surface area contributed by atoms with Crippen molar-refractivity contribution in [2.24, 2.45) is 0 Å². The maximum atomic E-state index is 14.1. The molecular formula is C25H26F4N2O2. The molecule has 0 radical (unpaired) electrons. The number of benzene rings is 2. The Morgan fingerprint density at radius 1 is 1.06 bits per heavy atom. The van der Waals surface area contributed by atoms with Gasteiger partial charge in [0.25, 0.3) is 0 Å². The number of esters is 1. The van der Waals surface area contributed by atoms with Crippen LogP contribution >= 0.6 is 0 Å². The third-order valence-electron chi connectivity index (χ3n) is 6.27. The number of nitrogens with one attached hydrogen (secondary N) is 1. The fraction of sp³-hybridized carbons (Fsp3) is 0.400. The molecule has 2 aromatic carbocycles. The second-order valence-corrected chi connectivity index (χ2v) is 8.59. The Hall–Kier alpha value is -2.87. The molecule has 176 valence electrons. The van der Waals surface area contributed by atoms with Crippen molar-refractivity contribution >= 4 is 16.9 Å². The summed E-state index contributed by atoms with van der Waals surface area (Å²) < 4.78 is 59.9. The average Bonchev–Trinajstić information content (AvgIpc) is 3.14. The van der Waals surface area contributed by atoms with Crippen LogP contribution in [0.2, 0.25) is 0 Å². The number of aromatic nitrogens is 1. The zero-order valence-electron chi connectivity index (χ0n) is 18.6. The van der Waals surface area contributed by atoms with Gasteiger partial charge in [0.05, 0.1) is 5.56 Å². The Bertz CT molecular complexity index is 1190. The zero-order valence-corrected chi connectivity index (χ0v) is 18.6. The molecule has 33 heavy (non-hydrogen) atoms. The topological polar surface area (TPSA) is 45.3 Å². The molecule has 8 heteroatoms. The van der Waals surface area contributed by atoms with E-state index in [2.05, 4.69) is 9.88 Å². The first kappa shape index (κ1) is 23.3. The minimum atomic E-state index is -1.94. The number of H-pyrrole nitrogens is 1. The number of hydrogen-bond acceptors (Lipinski definition) is 3. The highest BCUT2D eigenvalue weighted by atomic mass is 19.2. The third-order valence-corrected chi connectivity index (χ3v) is 6.27. The molecule has 1 N–H and O–H groups in total. The predicted molar refractivity (Wildman–Crippen MR) is 117 cm³/mol. The summed E-state index contributed by atoms with van der Waals surface area (Å²) in [5.74, 6) is -7.73. The minimum absolute atomic E-state index is 0.278. The normalized spacial score (nSPS) is 15.7. The van der Waals surface area contributed by atoms with Gasteiger partial charge in [-0.15, -0.1) is 0 Å². The van der Waals surface area contributed by atoms with Gasteiger partial charge in [0, 0.05) is 28.7 Å². The van der Waals surface area contributed by atoms with Gasteiger partial charge < -0.3 is 14.6 Å². The predicted octanol–water partition coefficient (Wildman–Crippen LogP) is 5.98. The van der Waals surface area contributed by atoms with Crippen molar-refractivity contribution in [1.29, 1.82) is 0 Å². The number of fused-ring (bicyclic) bond motifs is 1. The van der Waals surface area contributed by atoms with Crippen LogP contribution in [-0.4, -0.2) is 35.5 Å². The Balaban J connectivity index is 1.55. The maximum absolute atomic E-state index is 14.1. The van der Waals surface area contributed by atoms with Gasteiger partial charge in [-0.25, -0.2) is 22.4 Å². The lowest BCUT2D eigenvalue weighted by Crippen LogP contribution is -2.31. The molecule has 1 saturated heterocycles. The van der Waals surface area contributed by atoms with Gasteiger partial charge in [0.1, 0.15) is 6.10 Å². The van der Waals surface area contributed by atoms with Crippen LogP contribution < -0.4 is 0 Å². The number of piperidine rings is 1. The first-order valence-electron chi connectivity index (χ1n) is 11.1. The van der Waals surface area contributed by atoms with E-state index < -0.39 is 40.9 Å². The number of carbonyl (C=O) groups is 1. The Morgan fingerprint density at radius 2 is 1.79 bits per heavy atom. The molecule has 1 unspecified atom stereocenters. The lowest BCUT2D eigenvalue weighted by Gasteiger charge is -2.26. The highest BCUT2D eigenvalue weighted by molar-refractivity contribution is 6.05. The number of aromatic amines is 1. The average molecular weight is 462 g/mol. The molecule has 1 aliphatic rings. The highest BCUT2D eigenvalue weighted by Gasteiger charge is 2.26. The number of carbonyl (C=O) groups excluding carboxylic acids is 1. The van der Waals surface area contributed by atoms with Gasteiger partial charge in [-0.3, -0.25) is 0 Å². The van der Waals surface area contributed by atoms with Crippen LogP contribution in [-0.2, 0) is 11.2 Å². The van der Waals surface area contributed by atoms with Gasteiger partial charge in [-0.05, 0) is 70.0 Å². The lowest BCUT2D eigenvalue weighted by atomic mass is 10.0. The number of rotatable bonds is 6. The van der Waals surface area contributed by atoms with E-state index in [1.54, 1.807) is 6.92 Å². The summed E-state index contributed by atoms with van der Waals surface area (Å²) in [5, 5.41) is 0.665. The molecule has 1 fully saturated rings. The van der Waals surface area contributed by atoms with Crippen LogP contribution in [0.3, 0.4) is 0 Å². The summed E-state index contributed by atoms with van der Waals surface area (Å²) in [4.78, 5) is 18.5. The van der Waals surface area contributed by atoms with E-state index in [9.17, 15) is 22.4 Å². The number of hydrogen-bond donors (Lipinski definition) is 1. The van der Waals surface area contributed by atoms with Crippen LogP contribution in [0.5, 0.6) is 0 Å². The Kier molecular flexibility index (Phi) is 6.74. The number of aryl methyl sites for hydroxylation is 1. The van der Waals surface area contributed by atoms with Crippen molar-refractivity contribution in [2.75, 3.05) is 19.6 Å². The van der Waals surface area contributed by atoms with Gasteiger partial charge in [-0.2, -0.15) is 0 Å². The summed E-state index contributed by atoms with van der Waals surface area (Å²) >= 11 is 0. The quantitative estimate of drug-likeness (QED) is 0.212. The van der Waals surface area contributed by atoms with Gasteiger partial charge in [-0.1, -0.05) is 12.5 Å².